The number of anilines is 1. The normalized spacial score (nSPS) is 17.6. The second kappa shape index (κ2) is 6.35. The summed E-state index contributed by atoms with van der Waals surface area (Å²) >= 11 is 3.12. The van der Waals surface area contributed by atoms with Gasteiger partial charge in [0.2, 0.25) is 0 Å². The van der Waals surface area contributed by atoms with E-state index in [-0.39, 0.29) is 0 Å². The molecule has 1 heterocycles. The summed E-state index contributed by atoms with van der Waals surface area (Å²) in [6.07, 6.45) is -2.47. The summed E-state index contributed by atoms with van der Waals surface area (Å²) in [7, 11) is 1.91. The first-order chi connectivity index (χ1) is 9.41. The number of benzene rings is 1. The molecule has 6 heteroatoms. The number of alkyl halides is 3. The highest BCUT2D eigenvalue weighted by atomic mass is 79.9. The van der Waals surface area contributed by atoms with Crippen molar-refractivity contribution >= 4 is 21.6 Å². The number of nitrogens with one attached hydrogen (secondary N) is 1. The van der Waals surface area contributed by atoms with Crippen molar-refractivity contribution in [2.75, 3.05) is 31.6 Å². The lowest BCUT2D eigenvalue weighted by Crippen LogP contribution is -2.37. The van der Waals surface area contributed by atoms with Gasteiger partial charge in [-0.3, -0.25) is 0 Å². The Kier molecular flexibility index (Phi) is 4.96. The third-order valence-corrected chi connectivity index (χ3v) is 4.21. The van der Waals surface area contributed by atoms with Crippen LogP contribution >= 0.6 is 15.9 Å². The van der Waals surface area contributed by atoms with E-state index in [0.29, 0.717) is 29.2 Å². The highest BCUT2D eigenvalue weighted by molar-refractivity contribution is 9.10. The molecule has 112 valence electrons. The number of halogens is 4. The SMILES string of the molecule is CNCC1CCN(c2ccc(Br)cc2C(F)(F)F)CC1. The fraction of sp³-hybridized carbons (Fsp3) is 0.571. The zero-order chi connectivity index (χ0) is 14.8. The van der Waals surface area contributed by atoms with Gasteiger partial charge in [-0.25, -0.2) is 0 Å². The van der Waals surface area contributed by atoms with Crippen LogP contribution in [0.1, 0.15) is 18.4 Å². The molecule has 0 unspecified atom stereocenters. The van der Waals surface area contributed by atoms with Crippen LogP contribution in [-0.2, 0) is 6.18 Å². The van der Waals surface area contributed by atoms with E-state index in [1.54, 1.807) is 12.1 Å². The average Bonchev–Trinajstić information content (AvgIpc) is 2.39. The smallest absolute Gasteiger partial charge is 0.371 e. The number of hydrogen-bond donors (Lipinski definition) is 1. The lowest BCUT2D eigenvalue weighted by molar-refractivity contribution is -0.137. The molecule has 2 nitrogen and oxygen atoms in total. The molecule has 0 aromatic heterocycles. The van der Waals surface area contributed by atoms with Gasteiger partial charge in [-0.1, -0.05) is 15.9 Å². The van der Waals surface area contributed by atoms with E-state index in [9.17, 15) is 13.2 Å². The number of hydrogen-bond acceptors (Lipinski definition) is 2. The standard InChI is InChI=1S/C14H18BrF3N2/c1-19-9-10-4-6-20(7-5-10)13-3-2-11(15)8-12(13)14(16,17)18/h2-3,8,10,19H,4-7,9H2,1H3. The zero-order valence-electron chi connectivity index (χ0n) is 11.3. The van der Waals surface area contributed by atoms with Gasteiger partial charge in [0.1, 0.15) is 0 Å². The third-order valence-electron chi connectivity index (χ3n) is 3.71. The van der Waals surface area contributed by atoms with Crippen LogP contribution in [-0.4, -0.2) is 26.7 Å². The first-order valence-electron chi connectivity index (χ1n) is 6.68. The molecule has 1 aromatic rings. The van der Waals surface area contributed by atoms with Crippen LogP contribution in [0.2, 0.25) is 0 Å². The van der Waals surface area contributed by atoms with Crippen molar-refractivity contribution in [1.82, 2.24) is 5.32 Å². The van der Waals surface area contributed by atoms with Crippen LogP contribution in [0, 0.1) is 5.92 Å². The Bertz CT molecular complexity index is 454. The van der Waals surface area contributed by atoms with Crippen molar-refractivity contribution in [3.05, 3.63) is 28.2 Å². The summed E-state index contributed by atoms with van der Waals surface area (Å²) in [4.78, 5) is 1.85. The number of piperidine rings is 1. The molecule has 0 aliphatic carbocycles. The minimum absolute atomic E-state index is 0.295. The minimum atomic E-state index is -4.32. The molecular weight excluding hydrogens is 333 g/mol. The van der Waals surface area contributed by atoms with E-state index in [1.807, 2.05) is 11.9 Å². The fourth-order valence-electron chi connectivity index (χ4n) is 2.68. The Morgan fingerprint density at radius 2 is 1.95 bits per heavy atom. The van der Waals surface area contributed by atoms with Crippen LogP contribution < -0.4 is 10.2 Å². The van der Waals surface area contributed by atoms with Gasteiger partial charge in [0.25, 0.3) is 0 Å². The molecule has 2 rings (SSSR count). The van der Waals surface area contributed by atoms with Gasteiger partial charge in [-0.2, -0.15) is 13.2 Å². The Labute approximate surface area is 125 Å². The summed E-state index contributed by atoms with van der Waals surface area (Å²) in [5.41, 5.74) is -0.262. The van der Waals surface area contributed by atoms with Gasteiger partial charge in [0, 0.05) is 23.2 Å². The molecular formula is C14H18BrF3N2. The van der Waals surface area contributed by atoms with Crippen LogP contribution in [0.25, 0.3) is 0 Å². The zero-order valence-corrected chi connectivity index (χ0v) is 12.9. The van der Waals surface area contributed by atoms with Gasteiger partial charge >= 0.3 is 6.18 Å². The molecule has 0 spiro atoms. The van der Waals surface area contributed by atoms with Crippen LogP contribution in [0.4, 0.5) is 18.9 Å². The maximum absolute atomic E-state index is 13.1. The largest absolute Gasteiger partial charge is 0.418 e. The fourth-order valence-corrected chi connectivity index (χ4v) is 3.04. The predicted molar refractivity (Wildman–Crippen MR) is 78.0 cm³/mol. The van der Waals surface area contributed by atoms with Gasteiger partial charge in [0.15, 0.2) is 0 Å². The van der Waals surface area contributed by atoms with Crippen LogP contribution in [0.15, 0.2) is 22.7 Å². The molecule has 0 amide bonds. The molecule has 1 saturated heterocycles. The van der Waals surface area contributed by atoms with Crippen molar-refractivity contribution in [3.8, 4) is 0 Å². The summed E-state index contributed by atoms with van der Waals surface area (Å²) in [6, 6.07) is 4.39. The van der Waals surface area contributed by atoms with E-state index in [4.69, 9.17) is 0 Å². The van der Waals surface area contributed by atoms with E-state index in [2.05, 4.69) is 21.2 Å². The first-order valence-corrected chi connectivity index (χ1v) is 7.47. The molecule has 0 radical (unpaired) electrons. The van der Waals surface area contributed by atoms with E-state index < -0.39 is 11.7 Å². The molecule has 1 aliphatic rings. The molecule has 1 aromatic carbocycles. The monoisotopic (exact) mass is 350 g/mol. The molecule has 0 bridgehead atoms. The Balaban J connectivity index is 2.18. The summed E-state index contributed by atoms with van der Waals surface area (Å²) in [5.74, 6) is 0.557. The molecule has 1 fully saturated rings. The second-order valence-corrected chi connectivity index (χ2v) is 6.06. The first kappa shape index (κ1) is 15.6. The van der Waals surface area contributed by atoms with Crippen molar-refractivity contribution in [2.24, 2.45) is 5.92 Å². The number of nitrogens with zero attached hydrogens (tertiary/aromatic N) is 1. The summed E-state index contributed by atoms with van der Waals surface area (Å²) in [5, 5.41) is 3.13. The Hall–Kier alpha value is -0.750. The lowest BCUT2D eigenvalue weighted by Gasteiger charge is -2.35. The Morgan fingerprint density at radius 3 is 2.50 bits per heavy atom. The third kappa shape index (κ3) is 3.67. The molecule has 1 aliphatic heterocycles. The second-order valence-electron chi connectivity index (χ2n) is 5.15. The average molecular weight is 351 g/mol. The van der Waals surface area contributed by atoms with Gasteiger partial charge in [-0.15, -0.1) is 0 Å². The van der Waals surface area contributed by atoms with Crippen molar-refractivity contribution in [2.45, 2.75) is 19.0 Å². The van der Waals surface area contributed by atoms with E-state index in [1.165, 1.54) is 0 Å². The van der Waals surface area contributed by atoms with Crippen LogP contribution in [0.5, 0.6) is 0 Å². The number of rotatable bonds is 3. The predicted octanol–water partition coefficient (Wildman–Crippen LogP) is 3.90. The van der Waals surface area contributed by atoms with Crippen molar-refractivity contribution < 1.29 is 13.2 Å². The minimum Gasteiger partial charge on any atom is -0.371 e. The topological polar surface area (TPSA) is 15.3 Å². The van der Waals surface area contributed by atoms with Gasteiger partial charge < -0.3 is 10.2 Å². The molecule has 0 saturated carbocycles. The Morgan fingerprint density at radius 1 is 1.30 bits per heavy atom. The van der Waals surface area contributed by atoms with Crippen molar-refractivity contribution in [3.63, 3.8) is 0 Å². The van der Waals surface area contributed by atoms with Gasteiger partial charge in [-0.05, 0) is 50.6 Å². The molecule has 20 heavy (non-hydrogen) atoms. The van der Waals surface area contributed by atoms with Gasteiger partial charge in [0.05, 0.1) is 5.56 Å². The maximum Gasteiger partial charge on any atom is 0.418 e. The summed E-state index contributed by atoms with van der Waals surface area (Å²) < 4.78 is 39.8. The van der Waals surface area contributed by atoms with Crippen LogP contribution in [0.3, 0.4) is 0 Å². The highest BCUT2D eigenvalue weighted by Gasteiger charge is 2.35. The van der Waals surface area contributed by atoms with E-state index >= 15 is 0 Å². The van der Waals surface area contributed by atoms with E-state index in [0.717, 1.165) is 25.5 Å². The highest BCUT2D eigenvalue weighted by Crippen LogP contribution is 2.39. The maximum atomic E-state index is 13.1. The quantitative estimate of drug-likeness (QED) is 0.889. The molecule has 0 atom stereocenters. The molecule has 1 N–H and O–H groups in total. The van der Waals surface area contributed by atoms with Crippen molar-refractivity contribution in [1.29, 1.82) is 0 Å². The lowest BCUT2D eigenvalue weighted by atomic mass is 9.96. The summed E-state index contributed by atoms with van der Waals surface area (Å²) in [6.45, 7) is 2.29.